The average Bonchev–Trinajstić information content (AvgIpc) is 3.22. The summed E-state index contributed by atoms with van der Waals surface area (Å²) in [5, 5.41) is 11.2. The number of non-ortho nitro benzene ring substituents is 1. The summed E-state index contributed by atoms with van der Waals surface area (Å²) in [4.78, 5) is 45.2. The summed E-state index contributed by atoms with van der Waals surface area (Å²) in [5.74, 6) is 0.812. The molecule has 38 heavy (non-hydrogen) atoms. The van der Waals surface area contributed by atoms with Gasteiger partial charge < -0.3 is 14.4 Å². The molecule has 1 aliphatic heterocycles. The number of nitro benzene ring substituents is 1. The van der Waals surface area contributed by atoms with Crippen molar-refractivity contribution in [3.63, 3.8) is 0 Å². The first-order valence-corrected chi connectivity index (χ1v) is 12.8. The van der Waals surface area contributed by atoms with Gasteiger partial charge in [0.25, 0.3) is 17.2 Å². The van der Waals surface area contributed by atoms with Crippen LogP contribution in [0.3, 0.4) is 0 Å². The Bertz CT molecular complexity index is 1620. The van der Waals surface area contributed by atoms with Crippen LogP contribution in [0.25, 0.3) is 6.08 Å². The second-order valence-electron chi connectivity index (χ2n) is 8.52. The smallest absolute Gasteiger partial charge is 0.271 e. The van der Waals surface area contributed by atoms with Gasteiger partial charge in [-0.3, -0.25) is 24.3 Å². The van der Waals surface area contributed by atoms with E-state index in [1.165, 1.54) is 23.8 Å². The third kappa shape index (κ3) is 4.84. The van der Waals surface area contributed by atoms with Crippen LogP contribution in [-0.4, -0.2) is 47.6 Å². The van der Waals surface area contributed by atoms with E-state index in [4.69, 9.17) is 9.47 Å². The number of carbonyl (C=O) groups is 1. The number of nitro groups is 1. The van der Waals surface area contributed by atoms with Crippen LogP contribution < -0.4 is 24.4 Å². The average molecular weight is 537 g/mol. The second-order valence-corrected chi connectivity index (χ2v) is 9.53. The number of likely N-dealkylation sites (N-methyl/N-ethyl adjacent to an activating group) is 1. The molecule has 1 amide bonds. The van der Waals surface area contributed by atoms with Crippen LogP contribution in [0.15, 0.2) is 63.5 Å². The molecule has 0 radical (unpaired) electrons. The van der Waals surface area contributed by atoms with Crippen molar-refractivity contribution in [2.75, 3.05) is 27.3 Å². The van der Waals surface area contributed by atoms with Gasteiger partial charge in [0.1, 0.15) is 17.5 Å². The van der Waals surface area contributed by atoms with Gasteiger partial charge in [-0.05, 0) is 50.6 Å². The first kappa shape index (κ1) is 26.8. The van der Waals surface area contributed by atoms with E-state index in [1.54, 1.807) is 55.3 Å². The van der Waals surface area contributed by atoms with Crippen LogP contribution >= 0.6 is 11.3 Å². The van der Waals surface area contributed by atoms with E-state index >= 15 is 0 Å². The number of allylic oxidation sites excluding steroid dienone is 1. The number of aromatic nitrogens is 1. The lowest BCUT2D eigenvalue weighted by molar-refractivity contribution is -0.384. The largest absolute Gasteiger partial charge is 0.497 e. The Morgan fingerprint density at radius 3 is 2.55 bits per heavy atom. The number of hydrogen-bond acceptors (Lipinski definition) is 8. The molecule has 0 fully saturated rings. The van der Waals surface area contributed by atoms with Gasteiger partial charge >= 0.3 is 0 Å². The maximum absolute atomic E-state index is 13.9. The van der Waals surface area contributed by atoms with Gasteiger partial charge in [0.05, 0.1) is 34.9 Å². The van der Waals surface area contributed by atoms with Gasteiger partial charge in [-0.15, -0.1) is 0 Å². The number of benzene rings is 2. The van der Waals surface area contributed by atoms with Crippen LogP contribution in [0.5, 0.6) is 11.5 Å². The molecule has 2 heterocycles. The zero-order valence-electron chi connectivity index (χ0n) is 21.8. The molecule has 0 N–H and O–H groups in total. The molecule has 0 spiro atoms. The highest BCUT2D eigenvalue weighted by molar-refractivity contribution is 7.07. The maximum atomic E-state index is 13.9. The summed E-state index contributed by atoms with van der Waals surface area (Å²) in [6.45, 7) is 6.53. The van der Waals surface area contributed by atoms with Crippen LogP contribution in [0.1, 0.15) is 37.9 Å². The fourth-order valence-corrected chi connectivity index (χ4v) is 5.55. The quantitative estimate of drug-likeness (QED) is 0.323. The fourth-order valence-electron chi connectivity index (χ4n) is 4.50. The number of fused-ring (bicyclic) bond motifs is 1. The predicted molar refractivity (Wildman–Crippen MR) is 144 cm³/mol. The van der Waals surface area contributed by atoms with Crippen molar-refractivity contribution in [1.82, 2.24) is 9.47 Å². The van der Waals surface area contributed by atoms with E-state index < -0.39 is 11.0 Å². The number of ether oxygens (including phenoxy) is 2. The van der Waals surface area contributed by atoms with E-state index in [-0.39, 0.29) is 17.2 Å². The van der Waals surface area contributed by atoms with Crippen molar-refractivity contribution >= 4 is 29.0 Å². The summed E-state index contributed by atoms with van der Waals surface area (Å²) < 4.78 is 12.9. The molecular weight excluding hydrogens is 508 g/mol. The van der Waals surface area contributed by atoms with E-state index in [2.05, 4.69) is 4.99 Å². The zero-order chi connectivity index (χ0) is 27.6. The van der Waals surface area contributed by atoms with E-state index in [9.17, 15) is 19.7 Å². The topological polar surface area (TPSA) is 116 Å². The lowest BCUT2D eigenvalue weighted by atomic mass is 9.93. The molecular formula is C27H28N4O6S. The van der Waals surface area contributed by atoms with Crippen LogP contribution in [-0.2, 0) is 4.79 Å². The van der Waals surface area contributed by atoms with Gasteiger partial charge in [0.2, 0.25) is 0 Å². The monoisotopic (exact) mass is 536 g/mol. The first-order valence-electron chi connectivity index (χ1n) is 12.0. The zero-order valence-corrected chi connectivity index (χ0v) is 22.6. The van der Waals surface area contributed by atoms with E-state index in [1.807, 2.05) is 13.8 Å². The molecule has 10 nitrogen and oxygen atoms in total. The van der Waals surface area contributed by atoms with Gasteiger partial charge in [-0.25, -0.2) is 4.99 Å². The van der Waals surface area contributed by atoms with Crippen LogP contribution in [0.4, 0.5) is 5.69 Å². The Labute approximate surface area is 222 Å². The van der Waals surface area contributed by atoms with Crippen LogP contribution in [0, 0.1) is 10.1 Å². The molecule has 0 bridgehead atoms. The minimum absolute atomic E-state index is 0.0755. The van der Waals surface area contributed by atoms with Gasteiger partial charge in [-0.1, -0.05) is 23.5 Å². The molecule has 0 aliphatic carbocycles. The van der Waals surface area contributed by atoms with Crippen molar-refractivity contribution < 1.29 is 19.2 Å². The van der Waals surface area contributed by atoms with Crippen molar-refractivity contribution in [2.24, 2.45) is 4.99 Å². The molecule has 3 aromatic rings. The van der Waals surface area contributed by atoms with Crippen molar-refractivity contribution in [2.45, 2.75) is 26.8 Å². The highest BCUT2D eigenvalue weighted by atomic mass is 32.1. The number of carbonyl (C=O) groups excluding carboxylic acids is 1. The highest BCUT2D eigenvalue weighted by Crippen LogP contribution is 2.38. The Kier molecular flexibility index (Phi) is 7.77. The molecule has 198 valence electrons. The molecule has 4 rings (SSSR count). The SMILES string of the molecule is CCN(CC)C(=O)C1=C(C)N=c2s/c(=C/c3cccc([N+](=O)[O-])c3)c(=O)n2[C@@H]1c1cc(OC)ccc1OC. The lowest BCUT2D eigenvalue weighted by Gasteiger charge is -2.30. The molecule has 1 atom stereocenters. The van der Waals surface area contributed by atoms with Crippen molar-refractivity contribution in [3.8, 4) is 11.5 Å². The first-order chi connectivity index (χ1) is 18.2. The number of nitrogens with zero attached hydrogens (tertiary/aromatic N) is 4. The molecule has 0 saturated carbocycles. The summed E-state index contributed by atoms with van der Waals surface area (Å²) >= 11 is 1.16. The number of hydrogen-bond donors (Lipinski definition) is 0. The second kappa shape index (κ2) is 11.0. The molecule has 11 heteroatoms. The van der Waals surface area contributed by atoms with Gasteiger partial charge in [0.15, 0.2) is 4.80 Å². The number of thiazole rings is 1. The van der Waals surface area contributed by atoms with Gasteiger partial charge in [0, 0.05) is 30.8 Å². The summed E-state index contributed by atoms with van der Waals surface area (Å²) in [6.07, 6.45) is 1.60. The van der Waals surface area contributed by atoms with Crippen LogP contribution in [0.2, 0.25) is 0 Å². The Hall–Kier alpha value is -4.25. The predicted octanol–water partition coefficient (Wildman–Crippen LogP) is 3.03. The number of methoxy groups -OCH3 is 2. The molecule has 1 aromatic heterocycles. The minimum Gasteiger partial charge on any atom is -0.497 e. The Balaban J connectivity index is 2.02. The lowest BCUT2D eigenvalue weighted by Crippen LogP contribution is -2.43. The third-order valence-electron chi connectivity index (χ3n) is 6.41. The van der Waals surface area contributed by atoms with Gasteiger partial charge in [-0.2, -0.15) is 0 Å². The Morgan fingerprint density at radius 1 is 1.18 bits per heavy atom. The minimum atomic E-state index is -0.823. The summed E-state index contributed by atoms with van der Waals surface area (Å²) in [5.41, 5.74) is 1.52. The van der Waals surface area contributed by atoms with E-state index in [0.29, 0.717) is 56.3 Å². The number of rotatable bonds is 8. The van der Waals surface area contributed by atoms with E-state index in [0.717, 1.165) is 11.3 Å². The molecule has 2 aromatic carbocycles. The Morgan fingerprint density at radius 2 is 1.92 bits per heavy atom. The summed E-state index contributed by atoms with van der Waals surface area (Å²) in [7, 11) is 3.07. The molecule has 1 aliphatic rings. The molecule has 0 saturated heterocycles. The number of amides is 1. The maximum Gasteiger partial charge on any atom is 0.271 e. The standard InChI is InChI=1S/C27H28N4O6S/c1-6-29(7-2)26(33)23-16(3)28-27-30(24(23)20-15-19(36-4)11-12-21(20)37-5)25(32)22(38-27)14-17-9-8-10-18(13-17)31(34)35/h8-15,24H,6-7H2,1-5H3/b22-14+/t24-/m1/s1. The highest BCUT2D eigenvalue weighted by Gasteiger charge is 2.36. The summed E-state index contributed by atoms with van der Waals surface area (Å²) in [6, 6.07) is 10.5. The van der Waals surface area contributed by atoms with Crippen molar-refractivity contribution in [3.05, 3.63) is 94.7 Å². The normalized spacial score (nSPS) is 15.1. The van der Waals surface area contributed by atoms with Crippen molar-refractivity contribution in [1.29, 1.82) is 0 Å². The molecule has 0 unspecified atom stereocenters. The third-order valence-corrected chi connectivity index (χ3v) is 7.40. The fraction of sp³-hybridized carbons (Fsp3) is 0.296.